The van der Waals surface area contributed by atoms with Crippen molar-refractivity contribution in [2.24, 2.45) is 0 Å². The average Bonchev–Trinajstić information content (AvgIpc) is 2.85. The summed E-state index contributed by atoms with van der Waals surface area (Å²) < 4.78 is 25.1. The smallest absolute Gasteiger partial charge is 0.244 e. The zero-order valence-electron chi connectivity index (χ0n) is 11.4. The van der Waals surface area contributed by atoms with E-state index in [0.717, 1.165) is 6.26 Å². The number of carbonyl (C=O) groups excluding carboxylic acids is 1. The number of aromatic nitrogens is 2. The Labute approximate surface area is 113 Å². The van der Waals surface area contributed by atoms with Gasteiger partial charge in [0.1, 0.15) is 6.04 Å². The molecule has 0 aromatic carbocycles. The summed E-state index contributed by atoms with van der Waals surface area (Å²) in [5.41, 5.74) is 0. The van der Waals surface area contributed by atoms with Crippen LogP contribution in [0.5, 0.6) is 0 Å². The largest absolute Gasteiger partial charge is 0.354 e. The third-order valence-corrected chi connectivity index (χ3v) is 4.13. The van der Waals surface area contributed by atoms with Crippen LogP contribution in [-0.2, 0) is 14.8 Å². The molecule has 0 bridgehead atoms. The lowest BCUT2D eigenvalue weighted by Gasteiger charge is -2.15. The van der Waals surface area contributed by atoms with Crippen LogP contribution in [0.15, 0.2) is 18.5 Å². The molecule has 0 aliphatic carbocycles. The SMILES string of the molecule is CC(C(=O)NCCCN(C)S(C)(=O)=O)n1cccn1. The molecule has 19 heavy (non-hydrogen) atoms. The summed E-state index contributed by atoms with van der Waals surface area (Å²) in [7, 11) is -1.63. The van der Waals surface area contributed by atoms with Crippen LogP contribution in [0.25, 0.3) is 0 Å². The first-order valence-electron chi connectivity index (χ1n) is 6.00. The molecule has 1 aromatic heterocycles. The van der Waals surface area contributed by atoms with Crippen LogP contribution in [0.1, 0.15) is 19.4 Å². The quantitative estimate of drug-likeness (QED) is 0.707. The lowest BCUT2D eigenvalue weighted by Crippen LogP contribution is -2.34. The number of hydrogen-bond acceptors (Lipinski definition) is 4. The fourth-order valence-electron chi connectivity index (χ4n) is 1.46. The maximum Gasteiger partial charge on any atom is 0.244 e. The fourth-order valence-corrected chi connectivity index (χ4v) is 1.92. The van der Waals surface area contributed by atoms with Gasteiger partial charge in [0.15, 0.2) is 0 Å². The molecule has 0 aliphatic heterocycles. The predicted molar refractivity (Wildman–Crippen MR) is 72.0 cm³/mol. The lowest BCUT2D eigenvalue weighted by molar-refractivity contribution is -0.124. The standard InChI is InChI=1S/C11H20N4O3S/c1-10(15-9-5-7-13-15)11(16)12-6-4-8-14(2)19(3,17)18/h5,7,9-10H,4,6,8H2,1-3H3,(H,12,16). The second-order valence-electron chi connectivity index (χ2n) is 4.39. The molecular weight excluding hydrogens is 268 g/mol. The summed E-state index contributed by atoms with van der Waals surface area (Å²) in [6.45, 7) is 2.57. The van der Waals surface area contributed by atoms with Gasteiger partial charge in [0.25, 0.3) is 0 Å². The van der Waals surface area contributed by atoms with Gasteiger partial charge in [-0.15, -0.1) is 0 Å². The molecule has 0 radical (unpaired) electrons. The Morgan fingerprint density at radius 1 is 1.53 bits per heavy atom. The Kier molecular flexibility index (Phi) is 5.49. The van der Waals surface area contributed by atoms with Gasteiger partial charge in [-0.1, -0.05) is 0 Å². The van der Waals surface area contributed by atoms with Gasteiger partial charge in [0.05, 0.1) is 6.26 Å². The zero-order valence-corrected chi connectivity index (χ0v) is 12.2. The average molecular weight is 288 g/mol. The van der Waals surface area contributed by atoms with Gasteiger partial charge in [0.2, 0.25) is 15.9 Å². The van der Waals surface area contributed by atoms with Crippen molar-refractivity contribution < 1.29 is 13.2 Å². The lowest BCUT2D eigenvalue weighted by atomic mass is 10.3. The van der Waals surface area contributed by atoms with E-state index < -0.39 is 10.0 Å². The highest BCUT2D eigenvalue weighted by Gasteiger charge is 2.14. The molecule has 1 heterocycles. The van der Waals surface area contributed by atoms with E-state index in [1.165, 1.54) is 11.4 Å². The normalized spacial score (nSPS) is 13.5. The van der Waals surface area contributed by atoms with Crippen molar-refractivity contribution in [3.8, 4) is 0 Å². The zero-order chi connectivity index (χ0) is 14.5. The molecule has 0 aliphatic rings. The third-order valence-electron chi connectivity index (χ3n) is 2.82. The van der Waals surface area contributed by atoms with Crippen LogP contribution in [0, 0.1) is 0 Å². The molecule has 8 heteroatoms. The minimum atomic E-state index is -3.15. The van der Waals surface area contributed by atoms with Crippen molar-refractivity contribution in [1.82, 2.24) is 19.4 Å². The van der Waals surface area contributed by atoms with Gasteiger partial charge in [0, 0.05) is 32.5 Å². The summed E-state index contributed by atoms with van der Waals surface area (Å²) in [4.78, 5) is 11.8. The minimum Gasteiger partial charge on any atom is -0.354 e. The first kappa shape index (κ1) is 15.6. The minimum absolute atomic E-state index is 0.134. The first-order chi connectivity index (χ1) is 8.82. The maximum atomic E-state index is 11.8. The Balaban J connectivity index is 2.28. The summed E-state index contributed by atoms with van der Waals surface area (Å²) >= 11 is 0. The van der Waals surface area contributed by atoms with E-state index in [0.29, 0.717) is 19.5 Å². The number of hydrogen-bond donors (Lipinski definition) is 1. The number of nitrogens with one attached hydrogen (secondary N) is 1. The molecule has 1 aromatic rings. The first-order valence-corrected chi connectivity index (χ1v) is 7.85. The fraction of sp³-hybridized carbons (Fsp3) is 0.636. The van der Waals surface area contributed by atoms with Gasteiger partial charge < -0.3 is 5.32 Å². The number of amides is 1. The van der Waals surface area contributed by atoms with Crippen LogP contribution in [0.3, 0.4) is 0 Å². The van der Waals surface area contributed by atoms with Crippen molar-refractivity contribution >= 4 is 15.9 Å². The number of nitrogens with zero attached hydrogens (tertiary/aromatic N) is 3. The van der Waals surface area contributed by atoms with E-state index in [1.807, 2.05) is 0 Å². The van der Waals surface area contributed by atoms with Crippen molar-refractivity contribution in [2.75, 3.05) is 26.4 Å². The molecule has 0 saturated heterocycles. The van der Waals surface area contributed by atoms with Crippen molar-refractivity contribution in [1.29, 1.82) is 0 Å². The predicted octanol–water partition coefficient (Wildman–Crippen LogP) is -0.158. The summed E-state index contributed by atoms with van der Waals surface area (Å²) in [5.74, 6) is -0.134. The van der Waals surface area contributed by atoms with Crippen molar-refractivity contribution in [3.63, 3.8) is 0 Å². The molecular formula is C11H20N4O3S. The van der Waals surface area contributed by atoms with Crippen molar-refractivity contribution in [3.05, 3.63) is 18.5 Å². The van der Waals surface area contributed by atoms with Gasteiger partial charge in [-0.05, 0) is 19.4 Å². The number of carbonyl (C=O) groups is 1. The third kappa shape index (κ3) is 4.99. The molecule has 1 rings (SSSR count). The molecule has 0 spiro atoms. The van der Waals surface area contributed by atoms with Gasteiger partial charge in [-0.25, -0.2) is 12.7 Å². The van der Waals surface area contributed by atoms with Crippen LogP contribution in [-0.4, -0.2) is 54.8 Å². The van der Waals surface area contributed by atoms with E-state index >= 15 is 0 Å². The van der Waals surface area contributed by atoms with Gasteiger partial charge >= 0.3 is 0 Å². The van der Waals surface area contributed by atoms with Gasteiger partial charge in [-0.3, -0.25) is 9.48 Å². The maximum absolute atomic E-state index is 11.8. The molecule has 0 saturated carbocycles. The Bertz CT molecular complexity index is 498. The second-order valence-corrected chi connectivity index (χ2v) is 6.48. The summed E-state index contributed by atoms with van der Waals surface area (Å²) in [6, 6.07) is 1.38. The summed E-state index contributed by atoms with van der Waals surface area (Å²) in [5, 5.41) is 6.75. The molecule has 1 atom stereocenters. The Morgan fingerprint density at radius 2 is 2.21 bits per heavy atom. The Hall–Kier alpha value is -1.41. The van der Waals surface area contributed by atoms with Crippen LogP contribution < -0.4 is 5.32 Å². The van der Waals surface area contributed by atoms with Crippen LogP contribution in [0.4, 0.5) is 0 Å². The van der Waals surface area contributed by atoms with E-state index in [2.05, 4.69) is 10.4 Å². The van der Waals surface area contributed by atoms with Crippen LogP contribution >= 0.6 is 0 Å². The monoisotopic (exact) mass is 288 g/mol. The number of sulfonamides is 1. The molecule has 1 unspecified atom stereocenters. The molecule has 0 fully saturated rings. The second kappa shape index (κ2) is 6.67. The molecule has 108 valence electrons. The van der Waals surface area contributed by atoms with E-state index in [-0.39, 0.29) is 11.9 Å². The van der Waals surface area contributed by atoms with E-state index in [9.17, 15) is 13.2 Å². The van der Waals surface area contributed by atoms with Gasteiger partial charge in [-0.2, -0.15) is 5.10 Å². The molecule has 1 N–H and O–H groups in total. The number of rotatable bonds is 7. The van der Waals surface area contributed by atoms with Crippen molar-refractivity contribution in [2.45, 2.75) is 19.4 Å². The highest BCUT2D eigenvalue weighted by Crippen LogP contribution is 2.02. The highest BCUT2D eigenvalue weighted by molar-refractivity contribution is 7.88. The molecule has 7 nitrogen and oxygen atoms in total. The van der Waals surface area contributed by atoms with Crippen LogP contribution in [0.2, 0.25) is 0 Å². The van der Waals surface area contributed by atoms with E-state index in [4.69, 9.17) is 0 Å². The Morgan fingerprint density at radius 3 is 2.74 bits per heavy atom. The molecule has 1 amide bonds. The van der Waals surface area contributed by atoms with E-state index in [1.54, 1.807) is 30.1 Å². The summed E-state index contributed by atoms with van der Waals surface area (Å²) in [6.07, 6.45) is 5.07. The topological polar surface area (TPSA) is 84.3 Å². The highest BCUT2D eigenvalue weighted by atomic mass is 32.2.